The van der Waals surface area contributed by atoms with E-state index in [9.17, 15) is 8.42 Å². The molecule has 5 nitrogen and oxygen atoms in total. The number of fused-ring (bicyclic) bond motifs is 1. The van der Waals surface area contributed by atoms with Crippen LogP contribution in [0.4, 0.5) is 0 Å². The first-order chi connectivity index (χ1) is 6.65. The van der Waals surface area contributed by atoms with E-state index >= 15 is 0 Å². The highest BCUT2D eigenvalue weighted by atomic mass is 32.2. The first-order valence-corrected chi connectivity index (χ1v) is 5.25. The third kappa shape index (κ3) is 1.29. The second-order valence-electron chi connectivity index (χ2n) is 2.69. The number of rotatable bonds is 2. The summed E-state index contributed by atoms with van der Waals surface area (Å²) in [5, 5.41) is 9.13. The Bertz CT molecular complexity index is 557. The maximum absolute atomic E-state index is 11.3. The van der Waals surface area contributed by atoms with Crippen LogP contribution in [0, 0.1) is 0 Å². The summed E-state index contributed by atoms with van der Waals surface area (Å²) in [6.07, 6.45) is 1.39. The molecule has 0 saturated carbocycles. The van der Waals surface area contributed by atoms with Crippen molar-refractivity contribution in [2.75, 3.05) is 0 Å². The molecule has 1 heterocycles. The lowest BCUT2D eigenvalue weighted by Crippen LogP contribution is -2.19. The minimum atomic E-state index is -3.88. The van der Waals surface area contributed by atoms with E-state index in [1.807, 2.05) is 0 Å². The number of benzene rings is 1. The van der Waals surface area contributed by atoms with Gasteiger partial charge in [-0.25, -0.2) is 8.42 Å². The minimum absolute atomic E-state index is 0.0810. The maximum atomic E-state index is 11.3. The van der Waals surface area contributed by atoms with Gasteiger partial charge in [0, 0.05) is 5.39 Å². The van der Waals surface area contributed by atoms with Crippen LogP contribution < -0.4 is 4.89 Å². The van der Waals surface area contributed by atoms with Crippen LogP contribution in [-0.4, -0.2) is 13.6 Å². The molecule has 2 aromatic rings. The van der Waals surface area contributed by atoms with Gasteiger partial charge < -0.3 is 9.62 Å². The third-order valence-electron chi connectivity index (χ3n) is 1.85. The van der Waals surface area contributed by atoms with Crippen LogP contribution in [0.25, 0.3) is 11.0 Å². The Morgan fingerprint density at radius 1 is 1.29 bits per heavy atom. The molecule has 0 saturated heterocycles. The third-order valence-corrected chi connectivity index (χ3v) is 2.99. The number of sulfonamides is 1. The summed E-state index contributed by atoms with van der Waals surface area (Å²) in [7, 11) is -3.88. The zero-order valence-electron chi connectivity index (χ0n) is 6.97. The monoisotopic (exact) mass is 213 g/mol. The summed E-state index contributed by atoms with van der Waals surface area (Å²) in [6, 6.07) is 6.29. The molecular formula is C8H7NO4S. The van der Waals surface area contributed by atoms with Crippen molar-refractivity contribution < 1.29 is 18.0 Å². The second kappa shape index (κ2) is 3.09. The first-order valence-electron chi connectivity index (χ1n) is 3.77. The van der Waals surface area contributed by atoms with Gasteiger partial charge in [0.2, 0.25) is 0 Å². The molecule has 0 aliphatic carbocycles. The highest BCUT2D eigenvalue weighted by Crippen LogP contribution is 2.23. The van der Waals surface area contributed by atoms with Gasteiger partial charge in [-0.05, 0) is 12.1 Å². The second-order valence-corrected chi connectivity index (χ2v) is 4.32. The number of para-hydroxylation sites is 1. The van der Waals surface area contributed by atoms with Crippen LogP contribution in [0.15, 0.2) is 39.8 Å². The Balaban J connectivity index is 2.81. The molecule has 1 aromatic heterocycles. The fourth-order valence-electron chi connectivity index (χ4n) is 1.23. The maximum Gasteiger partial charge on any atom is 0.265 e. The summed E-state index contributed by atoms with van der Waals surface area (Å²) in [6.45, 7) is 0. The summed E-state index contributed by atoms with van der Waals surface area (Å²) in [5.41, 5.74) is 0.231. The van der Waals surface area contributed by atoms with Crippen molar-refractivity contribution >= 4 is 21.0 Å². The van der Waals surface area contributed by atoms with Crippen LogP contribution in [0.2, 0.25) is 0 Å². The number of hydrogen-bond donors (Lipinski definition) is 2. The van der Waals surface area contributed by atoms with Gasteiger partial charge in [0.15, 0.2) is 5.58 Å². The van der Waals surface area contributed by atoms with Gasteiger partial charge in [-0.1, -0.05) is 17.0 Å². The van der Waals surface area contributed by atoms with Crippen molar-refractivity contribution in [3.8, 4) is 0 Å². The summed E-state index contributed by atoms with van der Waals surface area (Å²) < 4.78 is 27.6. The topological polar surface area (TPSA) is 79.5 Å². The van der Waals surface area contributed by atoms with E-state index in [2.05, 4.69) is 0 Å². The summed E-state index contributed by atoms with van der Waals surface area (Å²) in [4.78, 5) is 1.17. The molecule has 2 N–H and O–H groups in total. The Hall–Kier alpha value is -1.37. The van der Waals surface area contributed by atoms with E-state index < -0.39 is 10.0 Å². The molecule has 0 spiro atoms. The SMILES string of the molecule is O=S(=O)(NO)c1cccc2ccoc12. The van der Waals surface area contributed by atoms with E-state index in [0.717, 1.165) is 0 Å². The molecule has 1 aromatic carbocycles. The lowest BCUT2D eigenvalue weighted by molar-refractivity contribution is 0.242. The molecule has 2 rings (SSSR count). The highest BCUT2D eigenvalue weighted by molar-refractivity contribution is 7.89. The molecule has 0 radical (unpaired) electrons. The Morgan fingerprint density at radius 3 is 2.79 bits per heavy atom. The van der Waals surface area contributed by atoms with Crippen molar-refractivity contribution in [1.82, 2.24) is 4.89 Å². The fourth-order valence-corrected chi connectivity index (χ4v) is 1.99. The van der Waals surface area contributed by atoms with Crippen LogP contribution >= 0.6 is 0 Å². The van der Waals surface area contributed by atoms with Crippen molar-refractivity contribution in [2.24, 2.45) is 0 Å². The molecule has 0 aliphatic rings. The Kier molecular flexibility index (Phi) is 2.03. The van der Waals surface area contributed by atoms with Gasteiger partial charge in [0.1, 0.15) is 4.90 Å². The van der Waals surface area contributed by atoms with E-state index in [4.69, 9.17) is 9.62 Å². The highest BCUT2D eigenvalue weighted by Gasteiger charge is 2.17. The normalized spacial score (nSPS) is 12.1. The predicted molar refractivity (Wildman–Crippen MR) is 48.3 cm³/mol. The average Bonchev–Trinajstić information content (AvgIpc) is 2.64. The fraction of sp³-hybridized carbons (Fsp3) is 0. The van der Waals surface area contributed by atoms with Crippen molar-refractivity contribution in [2.45, 2.75) is 4.90 Å². The molecule has 0 fully saturated rings. The zero-order chi connectivity index (χ0) is 10.2. The Morgan fingerprint density at radius 2 is 2.07 bits per heavy atom. The number of nitrogens with one attached hydrogen (secondary N) is 1. The van der Waals surface area contributed by atoms with Crippen LogP contribution in [-0.2, 0) is 10.0 Å². The molecule has 0 aliphatic heterocycles. The van der Waals surface area contributed by atoms with Crippen LogP contribution in [0.3, 0.4) is 0 Å². The smallest absolute Gasteiger partial charge is 0.265 e. The lowest BCUT2D eigenvalue weighted by Gasteiger charge is -2.00. The minimum Gasteiger partial charge on any atom is -0.463 e. The van der Waals surface area contributed by atoms with Gasteiger partial charge in [0.25, 0.3) is 10.0 Å². The standard InChI is InChI=1S/C8H7NO4S/c10-9-14(11,12)7-3-1-2-6-4-5-13-8(6)7/h1-5,9-10H. The quantitative estimate of drug-likeness (QED) is 0.732. The molecule has 0 bridgehead atoms. The average molecular weight is 213 g/mol. The van der Waals surface area contributed by atoms with Crippen molar-refractivity contribution in [3.05, 3.63) is 30.5 Å². The van der Waals surface area contributed by atoms with Crippen molar-refractivity contribution in [1.29, 1.82) is 0 Å². The number of hydrogen-bond acceptors (Lipinski definition) is 4. The van der Waals surface area contributed by atoms with Crippen LogP contribution in [0.5, 0.6) is 0 Å². The Labute approximate surface area is 80.0 Å². The molecule has 0 amide bonds. The molecule has 14 heavy (non-hydrogen) atoms. The molecule has 6 heteroatoms. The van der Waals surface area contributed by atoms with Gasteiger partial charge in [-0.3, -0.25) is 0 Å². The zero-order valence-corrected chi connectivity index (χ0v) is 7.78. The van der Waals surface area contributed by atoms with Gasteiger partial charge in [-0.15, -0.1) is 0 Å². The van der Waals surface area contributed by atoms with E-state index in [1.165, 1.54) is 17.2 Å². The molecular weight excluding hydrogens is 206 g/mol. The summed E-state index contributed by atoms with van der Waals surface area (Å²) >= 11 is 0. The van der Waals surface area contributed by atoms with E-state index in [-0.39, 0.29) is 10.5 Å². The van der Waals surface area contributed by atoms with E-state index in [1.54, 1.807) is 18.2 Å². The van der Waals surface area contributed by atoms with Crippen LogP contribution in [0.1, 0.15) is 0 Å². The van der Waals surface area contributed by atoms with E-state index in [0.29, 0.717) is 5.39 Å². The predicted octanol–water partition coefficient (Wildman–Crippen LogP) is 1.10. The first kappa shape index (κ1) is 9.20. The van der Waals surface area contributed by atoms with Gasteiger partial charge in [-0.2, -0.15) is 0 Å². The lowest BCUT2D eigenvalue weighted by atomic mass is 10.3. The molecule has 0 atom stereocenters. The van der Waals surface area contributed by atoms with Gasteiger partial charge >= 0.3 is 0 Å². The summed E-state index contributed by atoms with van der Waals surface area (Å²) in [5.74, 6) is 0. The molecule has 74 valence electrons. The van der Waals surface area contributed by atoms with Crippen molar-refractivity contribution in [3.63, 3.8) is 0 Å². The molecule has 0 unspecified atom stereocenters. The number of furan rings is 1. The van der Waals surface area contributed by atoms with Gasteiger partial charge in [0.05, 0.1) is 6.26 Å². The largest absolute Gasteiger partial charge is 0.463 e.